The lowest BCUT2D eigenvalue weighted by Gasteiger charge is -2.13. The molecule has 0 bridgehead atoms. The van der Waals surface area contributed by atoms with Crippen LogP contribution in [0.25, 0.3) is 0 Å². The van der Waals surface area contributed by atoms with Crippen molar-refractivity contribution in [3.8, 4) is 0 Å². The van der Waals surface area contributed by atoms with Crippen LogP contribution in [0.4, 0.5) is 5.69 Å². The zero-order valence-electron chi connectivity index (χ0n) is 9.40. The van der Waals surface area contributed by atoms with E-state index in [1.165, 1.54) is 0 Å². The summed E-state index contributed by atoms with van der Waals surface area (Å²) in [5, 5.41) is -0.652. The maximum atomic E-state index is 12.1. The van der Waals surface area contributed by atoms with E-state index in [9.17, 15) is 9.00 Å². The molecule has 1 aromatic carbocycles. The van der Waals surface area contributed by atoms with Crippen molar-refractivity contribution in [1.29, 1.82) is 0 Å². The Bertz CT molecular complexity index is 432. The standard InChI is InChI=1S/C11H16N2O2S/c1-3-9(11(13)14)16(15)10-6-8(12)5-4-7(10)2/h4-6,9H,3,12H2,1-2H3,(H2,13,14). The van der Waals surface area contributed by atoms with Gasteiger partial charge in [0.2, 0.25) is 5.91 Å². The number of hydrogen-bond acceptors (Lipinski definition) is 3. The third-order valence-corrected chi connectivity index (χ3v) is 4.33. The van der Waals surface area contributed by atoms with Gasteiger partial charge in [-0.05, 0) is 31.0 Å². The van der Waals surface area contributed by atoms with Gasteiger partial charge in [0, 0.05) is 10.6 Å². The summed E-state index contributed by atoms with van der Waals surface area (Å²) in [4.78, 5) is 11.7. The summed E-state index contributed by atoms with van der Waals surface area (Å²) in [5.41, 5.74) is 12.2. The number of rotatable bonds is 4. The molecule has 0 saturated heterocycles. The van der Waals surface area contributed by atoms with E-state index < -0.39 is 22.0 Å². The Morgan fingerprint density at radius 3 is 2.62 bits per heavy atom. The Balaban J connectivity index is 3.12. The maximum Gasteiger partial charge on any atom is 0.233 e. The van der Waals surface area contributed by atoms with Crippen LogP contribution in [0.1, 0.15) is 18.9 Å². The second-order valence-corrected chi connectivity index (χ2v) is 5.23. The topological polar surface area (TPSA) is 86.2 Å². The fraction of sp³-hybridized carbons (Fsp3) is 0.364. The van der Waals surface area contributed by atoms with Crippen molar-refractivity contribution in [2.24, 2.45) is 5.73 Å². The van der Waals surface area contributed by atoms with Gasteiger partial charge < -0.3 is 11.5 Å². The summed E-state index contributed by atoms with van der Waals surface area (Å²) >= 11 is 0. The fourth-order valence-electron chi connectivity index (χ4n) is 1.44. The van der Waals surface area contributed by atoms with Crippen LogP contribution in [-0.4, -0.2) is 15.4 Å². The summed E-state index contributed by atoms with van der Waals surface area (Å²) in [6.45, 7) is 3.62. The SMILES string of the molecule is CCC(C(N)=O)S(=O)c1cc(N)ccc1C. The highest BCUT2D eigenvalue weighted by atomic mass is 32.2. The molecule has 1 amide bonds. The minimum Gasteiger partial charge on any atom is -0.399 e. The van der Waals surface area contributed by atoms with Gasteiger partial charge in [-0.1, -0.05) is 13.0 Å². The summed E-state index contributed by atoms with van der Waals surface area (Å²) in [5.74, 6) is -0.539. The van der Waals surface area contributed by atoms with E-state index in [-0.39, 0.29) is 0 Å². The van der Waals surface area contributed by atoms with E-state index in [2.05, 4.69) is 0 Å². The number of amides is 1. The molecule has 88 valence electrons. The second kappa shape index (κ2) is 5.12. The van der Waals surface area contributed by atoms with Crippen molar-refractivity contribution in [3.05, 3.63) is 23.8 Å². The first kappa shape index (κ1) is 12.7. The van der Waals surface area contributed by atoms with Gasteiger partial charge >= 0.3 is 0 Å². The Labute approximate surface area is 97.5 Å². The van der Waals surface area contributed by atoms with E-state index in [0.29, 0.717) is 17.0 Å². The van der Waals surface area contributed by atoms with Gasteiger partial charge in [0.25, 0.3) is 0 Å². The van der Waals surface area contributed by atoms with Crippen molar-refractivity contribution >= 4 is 22.4 Å². The molecule has 0 aromatic heterocycles. The van der Waals surface area contributed by atoms with Crippen molar-refractivity contribution in [2.75, 3.05) is 5.73 Å². The zero-order chi connectivity index (χ0) is 12.3. The minimum absolute atomic E-state index is 0.455. The first-order chi connectivity index (χ1) is 7.47. The molecule has 2 atom stereocenters. The Morgan fingerprint density at radius 1 is 1.50 bits per heavy atom. The number of carbonyl (C=O) groups excluding carboxylic acids is 1. The number of aryl methyl sites for hydroxylation is 1. The quantitative estimate of drug-likeness (QED) is 0.768. The fourth-order valence-corrected chi connectivity index (χ4v) is 2.90. The van der Waals surface area contributed by atoms with E-state index in [0.717, 1.165) is 5.56 Å². The van der Waals surface area contributed by atoms with Gasteiger partial charge in [-0.3, -0.25) is 9.00 Å². The number of nitrogen functional groups attached to an aromatic ring is 1. The van der Waals surface area contributed by atoms with Crippen molar-refractivity contribution in [1.82, 2.24) is 0 Å². The highest BCUT2D eigenvalue weighted by Crippen LogP contribution is 2.20. The van der Waals surface area contributed by atoms with Gasteiger partial charge in [-0.2, -0.15) is 0 Å². The minimum atomic E-state index is -1.43. The number of carbonyl (C=O) groups is 1. The molecule has 0 aliphatic rings. The van der Waals surface area contributed by atoms with Gasteiger partial charge in [0.1, 0.15) is 5.25 Å². The molecule has 0 aliphatic carbocycles. The second-order valence-electron chi connectivity index (χ2n) is 3.62. The Hall–Kier alpha value is -1.36. The molecule has 16 heavy (non-hydrogen) atoms. The third-order valence-electron chi connectivity index (χ3n) is 2.38. The van der Waals surface area contributed by atoms with Gasteiger partial charge in [0.05, 0.1) is 10.8 Å². The molecule has 4 nitrogen and oxygen atoms in total. The lowest BCUT2D eigenvalue weighted by molar-refractivity contribution is -0.117. The molecule has 1 aromatic rings. The highest BCUT2D eigenvalue weighted by Gasteiger charge is 2.23. The predicted molar refractivity (Wildman–Crippen MR) is 65.3 cm³/mol. The van der Waals surface area contributed by atoms with E-state index in [1.54, 1.807) is 25.1 Å². The number of benzene rings is 1. The molecule has 0 fully saturated rings. The molecule has 2 unspecified atom stereocenters. The summed E-state index contributed by atoms with van der Waals surface area (Å²) in [6, 6.07) is 5.16. The summed E-state index contributed by atoms with van der Waals surface area (Å²) in [7, 11) is -1.43. The van der Waals surface area contributed by atoms with Crippen LogP contribution in [0.15, 0.2) is 23.1 Å². The Morgan fingerprint density at radius 2 is 2.12 bits per heavy atom. The van der Waals surface area contributed by atoms with Crippen LogP contribution in [0.5, 0.6) is 0 Å². The van der Waals surface area contributed by atoms with Gasteiger partial charge in [0.15, 0.2) is 0 Å². The van der Waals surface area contributed by atoms with Crippen LogP contribution in [0.3, 0.4) is 0 Å². The Kier molecular flexibility index (Phi) is 4.06. The normalized spacial score (nSPS) is 14.4. The monoisotopic (exact) mass is 240 g/mol. The summed E-state index contributed by atoms with van der Waals surface area (Å²) < 4.78 is 12.1. The van der Waals surface area contributed by atoms with E-state index in [1.807, 2.05) is 6.92 Å². The van der Waals surface area contributed by atoms with Gasteiger partial charge in [-0.15, -0.1) is 0 Å². The maximum absolute atomic E-state index is 12.1. The van der Waals surface area contributed by atoms with Crippen molar-refractivity contribution in [3.63, 3.8) is 0 Å². The molecule has 1 rings (SSSR count). The van der Waals surface area contributed by atoms with Crippen molar-refractivity contribution < 1.29 is 9.00 Å². The average molecular weight is 240 g/mol. The number of anilines is 1. The first-order valence-corrected chi connectivity index (χ1v) is 6.24. The lowest BCUT2D eigenvalue weighted by Crippen LogP contribution is -2.32. The van der Waals surface area contributed by atoms with Crippen LogP contribution < -0.4 is 11.5 Å². The molecule has 0 saturated carbocycles. The van der Waals surface area contributed by atoms with Crippen LogP contribution in [0.2, 0.25) is 0 Å². The molecule has 0 heterocycles. The molecule has 0 radical (unpaired) electrons. The largest absolute Gasteiger partial charge is 0.399 e. The molecule has 0 spiro atoms. The highest BCUT2D eigenvalue weighted by molar-refractivity contribution is 7.86. The third kappa shape index (κ3) is 2.61. The van der Waals surface area contributed by atoms with Gasteiger partial charge in [-0.25, -0.2) is 0 Å². The molecule has 5 heteroatoms. The molecular formula is C11H16N2O2S. The molecule has 0 aliphatic heterocycles. The number of primary amides is 1. The summed E-state index contributed by atoms with van der Waals surface area (Å²) in [6.07, 6.45) is 0.455. The number of nitrogens with two attached hydrogens (primary N) is 2. The average Bonchev–Trinajstić information content (AvgIpc) is 2.22. The van der Waals surface area contributed by atoms with Crippen LogP contribution in [0, 0.1) is 6.92 Å². The molecular weight excluding hydrogens is 224 g/mol. The van der Waals surface area contributed by atoms with Crippen molar-refractivity contribution in [2.45, 2.75) is 30.4 Å². The molecule has 4 N–H and O–H groups in total. The first-order valence-electron chi connectivity index (χ1n) is 5.03. The number of hydrogen-bond donors (Lipinski definition) is 2. The predicted octanol–water partition coefficient (Wildman–Crippen LogP) is 0.949. The van der Waals surface area contributed by atoms with E-state index in [4.69, 9.17) is 11.5 Å². The van der Waals surface area contributed by atoms with Crippen LogP contribution in [-0.2, 0) is 15.6 Å². The lowest BCUT2D eigenvalue weighted by atomic mass is 10.2. The zero-order valence-corrected chi connectivity index (χ0v) is 10.2. The van der Waals surface area contributed by atoms with Crippen LogP contribution >= 0.6 is 0 Å². The van der Waals surface area contributed by atoms with E-state index >= 15 is 0 Å². The smallest absolute Gasteiger partial charge is 0.233 e.